The summed E-state index contributed by atoms with van der Waals surface area (Å²) < 4.78 is 6.70. The van der Waals surface area contributed by atoms with Gasteiger partial charge in [-0.3, -0.25) is 4.90 Å². The van der Waals surface area contributed by atoms with Crippen LogP contribution < -0.4 is 0 Å². The Kier molecular flexibility index (Phi) is 7.03. The van der Waals surface area contributed by atoms with Crippen LogP contribution >= 0.6 is 0 Å². The Labute approximate surface area is 209 Å². The van der Waals surface area contributed by atoms with Gasteiger partial charge in [0, 0.05) is 31.0 Å². The zero-order chi connectivity index (χ0) is 24.1. The Balaban J connectivity index is 1.39. The molecule has 4 heteroatoms. The molecule has 1 aliphatic heterocycles. The molecule has 1 N–H and O–H groups in total. The number of nitrogens with zero attached hydrogens (tertiary/aromatic N) is 2. The fourth-order valence-corrected chi connectivity index (χ4v) is 10.4. The second-order valence-electron chi connectivity index (χ2n) is 13.4. The van der Waals surface area contributed by atoms with E-state index < -0.39 is 0 Å². The maximum absolute atomic E-state index is 11.9. The summed E-state index contributed by atoms with van der Waals surface area (Å²) in [5, 5.41) is 11.9. The zero-order valence-corrected chi connectivity index (χ0v) is 22.7. The molecule has 5 rings (SSSR count). The summed E-state index contributed by atoms with van der Waals surface area (Å²) in [7, 11) is 0. The fourth-order valence-electron chi connectivity index (χ4n) is 10.4. The van der Waals surface area contributed by atoms with Gasteiger partial charge in [0.25, 0.3) is 0 Å². The molecule has 9 atom stereocenters. The first-order valence-corrected chi connectivity index (χ1v) is 14.8. The van der Waals surface area contributed by atoms with Crippen molar-refractivity contribution in [1.82, 2.24) is 4.90 Å². The molecule has 1 saturated heterocycles. The third kappa shape index (κ3) is 3.76. The standard InChI is InChI=1S/C30H53N2O2/c1-6-17-32(7-2,8-3)27-20-26-24-12-10-22-9-11-23(31-15-18-34-19-16-31)21-30(22,5)25(24)13-14-29(26,4)28(27)33/h6,22-28,33H,1,7-21H2,2-5H3/q+1. The highest BCUT2D eigenvalue weighted by Crippen LogP contribution is 2.67. The van der Waals surface area contributed by atoms with Gasteiger partial charge in [0.1, 0.15) is 12.1 Å². The van der Waals surface area contributed by atoms with E-state index in [2.05, 4.69) is 45.2 Å². The van der Waals surface area contributed by atoms with Crippen LogP contribution in [0, 0.1) is 34.5 Å². The van der Waals surface area contributed by atoms with Gasteiger partial charge in [-0.2, -0.15) is 0 Å². The molecule has 0 aromatic heterocycles. The summed E-state index contributed by atoms with van der Waals surface area (Å²) in [6.45, 7) is 21.2. The van der Waals surface area contributed by atoms with Crippen molar-refractivity contribution in [1.29, 1.82) is 0 Å². The van der Waals surface area contributed by atoms with Crippen molar-refractivity contribution in [2.24, 2.45) is 34.5 Å². The molecule has 0 amide bonds. The highest BCUT2D eigenvalue weighted by molar-refractivity contribution is 5.12. The van der Waals surface area contributed by atoms with E-state index in [4.69, 9.17) is 4.74 Å². The number of ether oxygens (including phenoxy) is 1. The maximum atomic E-state index is 11.9. The first kappa shape index (κ1) is 25.2. The number of morpholine rings is 1. The van der Waals surface area contributed by atoms with Gasteiger partial charge < -0.3 is 14.3 Å². The predicted molar refractivity (Wildman–Crippen MR) is 139 cm³/mol. The number of quaternary nitrogens is 1. The number of hydrogen-bond donors (Lipinski definition) is 1. The molecule has 0 spiro atoms. The topological polar surface area (TPSA) is 32.7 Å². The van der Waals surface area contributed by atoms with Crippen molar-refractivity contribution in [2.45, 2.75) is 97.2 Å². The molecule has 9 unspecified atom stereocenters. The lowest BCUT2D eigenvalue weighted by molar-refractivity contribution is -0.945. The van der Waals surface area contributed by atoms with Crippen LogP contribution in [-0.2, 0) is 4.74 Å². The average molecular weight is 474 g/mol. The quantitative estimate of drug-likeness (QED) is 0.430. The molecule has 0 aromatic carbocycles. The molecule has 4 aliphatic carbocycles. The number of rotatable bonds is 6. The van der Waals surface area contributed by atoms with Gasteiger partial charge in [-0.1, -0.05) is 20.4 Å². The summed E-state index contributed by atoms with van der Waals surface area (Å²) in [6, 6.07) is 1.14. The zero-order valence-electron chi connectivity index (χ0n) is 22.7. The van der Waals surface area contributed by atoms with E-state index in [1.165, 1.54) is 51.4 Å². The number of aliphatic hydroxyl groups excluding tert-OH is 1. The van der Waals surface area contributed by atoms with Gasteiger partial charge in [-0.05, 0) is 94.0 Å². The highest BCUT2D eigenvalue weighted by Gasteiger charge is 2.65. The second kappa shape index (κ2) is 9.47. The minimum Gasteiger partial charge on any atom is -0.386 e. The van der Waals surface area contributed by atoms with Crippen molar-refractivity contribution < 1.29 is 14.3 Å². The van der Waals surface area contributed by atoms with Gasteiger partial charge in [0.2, 0.25) is 0 Å². The van der Waals surface area contributed by atoms with Gasteiger partial charge in [-0.25, -0.2) is 0 Å². The summed E-state index contributed by atoms with van der Waals surface area (Å²) in [5.41, 5.74) is 0.583. The predicted octanol–water partition coefficient (Wildman–Crippen LogP) is 5.11. The van der Waals surface area contributed by atoms with E-state index in [0.29, 0.717) is 17.4 Å². The number of fused-ring (bicyclic) bond motifs is 5. The van der Waals surface area contributed by atoms with Crippen LogP contribution in [0.25, 0.3) is 0 Å². The molecule has 0 bridgehead atoms. The first-order chi connectivity index (χ1) is 16.3. The number of hydrogen-bond acceptors (Lipinski definition) is 3. The molecule has 34 heavy (non-hydrogen) atoms. The fraction of sp³-hybridized carbons (Fsp3) is 0.933. The monoisotopic (exact) mass is 473 g/mol. The Morgan fingerprint density at radius 2 is 1.71 bits per heavy atom. The Bertz CT molecular complexity index is 731. The van der Waals surface area contributed by atoms with Crippen LogP contribution in [0.1, 0.15) is 79.1 Å². The maximum Gasteiger partial charge on any atom is 0.116 e. The first-order valence-electron chi connectivity index (χ1n) is 14.8. The van der Waals surface area contributed by atoms with E-state index >= 15 is 0 Å². The highest BCUT2D eigenvalue weighted by atomic mass is 16.5. The molecule has 0 aromatic rings. The largest absolute Gasteiger partial charge is 0.386 e. The van der Waals surface area contributed by atoms with Crippen molar-refractivity contribution >= 4 is 0 Å². The second-order valence-corrected chi connectivity index (χ2v) is 13.4. The van der Waals surface area contributed by atoms with E-state index in [0.717, 1.165) is 74.2 Å². The van der Waals surface area contributed by atoms with Crippen molar-refractivity contribution in [2.75, 3.05) is 45.9 Å². The van der Waals surface area contributed by atoms with Crippen molar-refractivity contribution in [3.05, 3.63) is 12.7 Å². The van der Waals surface area contributed by atoms with Gasteiger partial charge >= 0.3 is 0 Å². The van der Waals surface area contributed by atoms with Gasteiger partial charge in [0.05, 0.1) is 32.8 Å². The van der Waals surface area contributed by atoms with Gasteiger partial charge in [-0.15, -0.1) is 0 Å². The summed E-state index contributed by atoms with van der Waals surface area (Å²) in [6.07, 6.45) is 12.8. The number of likely N-dealkylation sites (N-methyl/N-ethyl adjacent to an activating group) is 1. The van der Waals surface area contributed by atoms with Crippen LogP contribution in [0.4, 0.5) is 0 Å². The van der Waals surface area contributed by atoms with E-state index in [1.807, 2.05) is 0 Å². The van der Waals surface area contributed by atoms with Crippen molar-refractivity contribution in [3.63, 3.8) is 0 Å². The molecule has 1 heterocycles. The third-order valence-corrected chi connectivity index (χ3v) is 12.6. The van der Waals surface area contributed by atoms with E-state index in [1.54, 1.807) is 0 Å². The lowest BCUT2D eigenvalue weighted by atomic mass is 9.45. The van der Waals surface area contributed by atoms with Crippen LogP contribution in [-0.4, -0.2) is 78.6 Å². The summed E-state index contributed by atoms with van der Waals surface area (Å²) in [5.74, 6) is 3.26. The van der Waals surface area contributed by atoms with Crippen LogP contribution in [0.2, 0.25) is 0 Å². The average Bonchev–Trinajstić information content (AvgIpc) is 3.13. The lowest BCUT2D eigenvalue weighted by Gasteiger charge is -2.61. The SMILES string of the molecule is C=CC[N+](CC)(CC)C1CC2C3CCC4CCC(N5CCOCC5)CC4(C)C3CCC2(C)C1O. The normalized spacial score (nSPS) is 47.5. The minimum atomic E-state index is -0.170. The Morgan fingerprint density at radius 3 is 2.38 bits per heavy atom. The van der Waals surface area contributed by atoms with Crippen molar-refractivity contribution in [3.8, 4) is 0 Å². The third-order valence-electron chi connectivity index (χ3n) is 12.6. The lowest BCUT2D eigenvalue weighted by Crippen LogP contribution is -2.60. The summed E-state index contributed by atoms with van der Waals surface area (Å²) in [4.78, 5) is 2.76. The molecular weight excluding hydrogens is 420 g/mol. The minimum absolute atomic E-state index is 0.0995. The van der Waals surface area contributed by atoms with Crippen LogP contribution in [0.5, 0.6) is 0 Å². The molecular formula is C30H53N2O2+. The van der Waals surface area contributed by atoms with Crippen LogP contribution in [0.15, 0.2) is 12.7 Å². The summed E-state index contributed by atoms with van der Waals surface area (Å²) >= 11 is 0. The number of aliphatic hydroxyl groups is 1. The van der Waals surface area contributed by atoms with E-state index in [-0.39, 0.29) is 11.5 Å². The van der Waals surface area contributed by atoms with E-state index in [9.17, 15) is 5.11 Å². The molecule has 0 radical (unpaired) electrons. The smallest absolute Gasteiger partial charge is 0.116 e. The molecule has 4 saturated carbocycles. The molecule has 5 fully saturated rings. The molecule has 194 valence electrons. The molecule has 5 aliphatic rings. The van der Waals surface area contributed by atoms with Crippen LogP contribution in [0.3, 0.4) is 0 Å². The molecule has 4 nitrogen and oxygen atoms in total. The van der Waals surface area contributed by atoms with Gasteiger partial charge in [0.15, 0.2) is 0 Å². The Hall–Kier alpha value is -0.420. The Morgan fingerprint density at radius 1 is 1.00 bits per heavy atom.